The lowest BCUT2D eigenvalue weighted by atomic mass is 9.99. The minimum absolute atomic E-state index is 0.184. The van der Waals surface area contributed by atoms with E-state index in [1.165, 1.54) is 0 Å². The zero-order valence-corrected chi connectivity index (χ0v) is 16.6. The van der Waals surface area contributed by atoms with Gasteiger partial charge in [-0.25, -0.2) is 0 Å². The second kappa shape index (κ2) is 8.31. The maximum absolute atomic E-state index is 12.9. The number of hydrogen-bond donors (Lipinski definition) is 2. The largest absolute Gasteiger partial charge is 0.389 e. The number of hydrogen-bond acceptors (Lipinski definition) is 4. The Bertz CT molecular complexity index is 964. The highest BCUT2D eigenvalue weighted by atomic mass is 16.3. The summed E-state index contributed by atoms with van der Waals surface area (Å²) in [6.45, 7) is 7.51. The predicted molar refractivity (Wildman–Crippen MR) is 110 cm³/mol. The molecule has 0 saturated heterocycles. The third-order valence-electron chi connectivity index (χ3n) is 4.69. The first-order valence-corrected chi connectivity index (χ1v) is 9.33. The second-order valence-electron chi connectivity index (χ2n) is 7.17. The zero-order chi connectivity index (χ0) is 20.3. The van der Waals surface area contributed by atoms with Crippen molar-refractivity contribution >= 4 is 5.91 Å². The van der Waals surface area contributed by atoms with Gasteiger partial charge >= 0.3 is 0 Å². The fraction of sp³-hybridized carbons (Fsp3) is 0.261. The van der Waals surface area contributed by atoms with Crippen LogP contribution in [0.2, 0.25) is 0 Å². The molecule has 0 bridgehead atoms. The van der Waals surface area contributed by atoms with Crippen molar-refractivity contribution in [3.8, 4) is 11.3 Å². The van der Waals surface area contributed by atoms with Gasteiger partial charge in [0.05, 0.1) is 17.8 Å². The first kappa shape index (κ1) is 19.7. The highest BCUT2D eigenvalue weighted by Gasteiger charge is 2.15. The molecule has 2 atom stereocenters. The lowest BCUT2D eigenvalue weighted by Gasteiger charge is -2.16. The molecule has 0 spiro atoms. The summed E-state index contributed by atoms with van der Waals surface area (Å²) in [6.07, 6.45) is 2.88. The van der Waals surface area contributed by atoms with Crippen molar-refractivity contribution in [1.82, 2.24) is 15.3 Å². The normalized spacial score (nSPS) is 13.0. The maximum atomic E-state index is 12.9. The number of rotatable bonds is 5. The number of aryl methyl sites for hydroxylation is 2. The van der Waals surface area contributed by atoms with Crippen LogP contribution in [-0.4, -0.2) is 21.0 Å². The number of amides is 1. The van der Waals surface area contributed by atoms with Crippen LogP contribution in [0.1, 0.15) is 58.7 Å². The molecule has 3 rings (SSSR count). The summed E-state index contributed by atoms with van der Waals surface area (Å²) in [4.78, 5) is 21.6. The summed E-state index contributed by atoms with van der Waals surface area (Å²) >= 11 is 0. The predicted octanol–water partition coefficient (Wildman–Crippen LogP) is 4.30. The lowest BCUT2D eigenvalue weighted by Crippen LogP contribution is -2.27. The summed E-state index contributed by atoms with van der Waals surface area (Å²) in [6, 6.07) is 13.0. The Balaban J connectivity index is 1.90. The number of pyridine rings is 2. The highest BCUT2D eigenvalue weighted by molar-refractivity contribution is 5.96. The molecule has 28 heavy (non-hydrogen) atoms. The van der Waals surface area contributed by atoms with Crippen LogP contribution in [0.3, 0.4) is 0 Å². The lowest BCUT2D eigenvalue weighted by molar-refractivity contribution is 0.0939. The minimum atomic E-state index is -0.685. The van der Waals surface area contributed by atoms with Crippen LogP contribution in [-0.2, 0) is 0 Å². The number of benzene rings is 1. The highest BCUT2D eigenvalue weighted by Crippen LogP contribution is 2.25. The monoisotopic (exact) mass is 375 g/mol. The van der Waals surface area contributed by atoms with Gasteiger partial charge in [-0.05, 0) is 74.7 Å². The van der Waals surface area contributed by atoms with Gasteiger partial charge in [-0.3, -0.25) is 14.8 Å². The molecule has 144 valence electrons. The summed E-state index contributed by atoms with van der Waals surface area (Å²) in [5.41, 5.74) is 5.66. The van der Waals surface area contributed by atoms with Crippen molar-refractivity contribution in [2.24, 2.45) is 0 Å². The molecule has 5 heteroatoms. The van der Waals surface area contributed by atoms with Gasteiger partial charge in [0.1, 0.15) is 0 Å². The van der Waals surface area contributed by atoms with Gasteiger partial charge in [-0.2, -0.15) is 0 Å². The molecule has 0 aliphatic carbocycles. The fourth-order valence-electron chi connectivity index (χ4n) is 2.91. The molecule has 1 amide bonds. The average Bonchev–Trinajstić information content (AvgIpc) is 2.68. The van der Waals surface area contributed by atoms with Gasteiger partial charge in [0.25, 0.3) is 5.91 Å². The molecule has 5 nitrogen and oxygen atoms in total. The molecule has 2 N–H and O–H groups in total. The minimum Gasteiger partial charge on any atom is -0.389 e. The van der Waals surface area contributed by atoms with Crippen molar-refractivity contribution in [3.63, 3.8) is 0 Å². The zero-order valence-electron chi connectivity index (χ0n) is 16.6. The summed E-state index contributed by atoms with van der Waals surface area (Å²) < 4.78 is 0. The first-order valence-electron chi connectivity index (χ1n) is 9.33. The van der Waals surface area contributed by atoms with Gasteiger partial charge in [-0.1, -0.05) is 12.1 Å². The van der Waals surface area contributed by atoms with Gasteiger partial charge in [0.15, 0.2) is 0 Å². The van der Waals surface area contributed by atoms with Crippen molar-refractivity contribution in [2.45, 2.75) is 39.8 Å². The van der Waals surface area contributed by atoms with Gasteiger partial charge in [-0.15, -0.1) is 0 Å². The van der Waals surface area contributed by atoms with Crippen LogP contribution < -0.4 is 5.32 Å². The van der Waals surface area contributed by atoms with Gasteiger partial charge in [0.2, 0.25) is 0 Å². The average molecular weight is 375 g/mol. The number of carbonyl (C=O) groups is 1. The van der Waals surface area contributed by atoms with E-state index in [0.29, 0.717) is 11.1 Å². The fourth-order valence-corrected chi connectivity index (χ4v) is 2.91. The molecule has 3 aromatic rings. The number of aliphatic hydroxyl groups is 1. The van der Waals surface area contributed by atoms with Crippen LogP contribution in [0.4, 0.5) is 0 Å². The number of carbonyl (C=O) groups excluding carboxylic acids is 1. The molecular formula is C23H25N3O2. The van der Waals surface area contributed by atoms with Crippen LogP contribution in [0.15, 0.2) is 54.9 Å². The Hall–Kier alpha value is -3.05. The Labute approximate surface area is 165 Å². The van der Waals surface area contributed by atoms with Crippen molar-refractivity contribution < 1.29 is 9.90 Å². The molecule has 0 fully saturated rings. The number of nitrogens with zero attached hydrogens (tertiary/aromatic N) is 2. The Morgan fingerprint density at radius 2 is 1.75 bits per heavy atom. The summed E-state index contributed by atoms with van der Waals surface area (Å²) in [5.74, 6) is -0.205. The van der Waals surface area contributed by atoms with E-state index in [0.717, 1.165) is 28.1 Å². The van der Waals surface area contributed by atoms with Crippen LogP contribution >= 0.6 is 0 Å². The SMILES string of the molecule is Cc1ccc(-c2cc(C(=O)NC(C)c3ccc(C)nc3)cc(C(C)O)c2)nc1. The Kier molecular flexibility index (Phi) is 5.85. The second-order valence-corrected chi connectivity index (χ2v) is 7.17. The number of aliphatic hydroxyl groups excluding tert-OH is 1. The summed E-state index contributed by atoms with van der Waals surface area (Å²) in [5, 5.41) is 13.1. The molecule has 0 aliphatic heterocycles. The molecular weight excluding hydrogens is 350 g/mol. The van der Waals surface area contributed by atoms with Crippen molar-refractivity contribution in [2.75, 3.05) is 0 Å². The first-order chi connectivity index (χ1) is 13.3. The summed E-state index contributed by atoms with van der Waals surface area (Å²) in [7, 11) is 0. The molecule has 2 heterocycles. The maximum Gasteiger partial charge on any atom is 0.251 e. The van der Waals surface area contributed by atoms with E-state index in [4.69, 9.17) is 0 Å². The molecule has 0 aliphatic rings. The number of nitrogens with one attached hydrogen (secondary N) is 1. The van der Waals surface area contributed by atoms with Crippen molar-refractivity contribution in [1.29, 1.82) is 0 Å². The molecule has 0 saturated carbocycles. The smallest absolute Gasteiger partial charge is 0.251 e. The van der Waals surface area contributed by atoms with Crippen LogP contribution in [0.5, 0.6) is 0 Å². The van der Waals surface area contributed by atoms with Crippen molar-refractivity contribution in [3.05, 3.63) is 82.8 Å². The van der Waals surface area contributed by atoms with E-state index in [1.807, 2.05) is 51.1 Å². The van der Waals surface area contributed by atoms with Crippen LogP contribution in [0, 0.1) is 13.8 Å². The van der Waals surface area contributed by atoms with Crippen LogP contribution in [0.25, 0.3) is 11.3 Å². The molecule has 0 radical (unpaired) electrons. The van der Waals surface area contributed by atoms with E-state index < -0.39 is 6.10 Å². The van der Waals surface area contributed by atoms with E-state index in [2.05, 4.69) is 15.3 Å². The standard InChI is InChI=1S/C23H25N3O2/c1-14-5-8-22(25-12-14)20-9-19(17(4)27)10-21(11-20)23(28)26-16(3)18-7-6-15(2)24-13-18/h5-13,16-17,27H,1-4H3,(H,26,28). The quantitative estimate of drug-likeness (QED) is 0.697. The topological polar surface area (TPSA) is 75.1 Å². The number of aromatic nitrogens is 2. The third kappa shape index (κ3) is 4.61. The molecule has 1 aromatic carbocycles. The van der Waals surface area contributed by atoms with Gasteiger partial charge in [0, 0.05) is 29.2 Å². The van der Waals surface area contributed by atoms with E-state index >= 15 is 0 Å². The van der Waals surface area contributed by atoms with E-state index in [9.17, 15) is 9.90 Å². The van der Waals surface area contributed by atoms with E-state index in [1.54, 1.807) is 31.5 Å². The molecule has 2 aromatic heterocycles. The Morgan fingerprint density at radius 1 is 0.964 bits per heavy atom. The molecule has 2 unspecified atom stereocenters. The Morgan fingerprint density at radius 3 is 2.36 bits per heavy atom. The van der Waals surface area contributed by atoms with E-state index in [-0.39, 0.29) is 11.9 Å². The van der Waals surface area contributed by atoms with Gasteiger partial charge < -0.3 is 10.4 Å². The third-order valence-corrected chi connectivity index (χ3v) is 4.69.